The highest BCUT2D eigenvalue weighted by Gasteiger charge is 2.56. The lowest BCUT2D eigenvalue weighted by molar-refractivity contribution is -0.148. The predicted octanol–water partition coefficient (Wildman–Crippen LogP) is 7.28. The van der Waals surface area contributed by atoms with E-state index in [2.05, 4.69) is 26.0 Å². The molecule has 7 atom stereocenters. The summed E-state index contributed by atoms with van der Waals surface area (Å²) in [6.07, 6.45) is 12.3. The average Bonchev–Trinajstić information content (AvgIpc) is 4.14. The van der Waals surface area contributed by atoms with E-state index in [0.29, 0.717) is 48.4 Å². The first-order valence-electron chi connectivity index (χ1n) is 21.1. The zero-order valence-electron chi connectivity index (χ0n) is 33.4. The van der Waals surface area contributed by atoms with Crippen molar-refractivity contribution in [2.45, 2.75) is 133 Å². The van der Waals surface area contributed by atoms with Crippen LogP contribution in [0.5, 0.6) is 11.5 Å². The van der Waals surface area contributed by atoms with Gasteiger partial charge in [0.15, 0.2) is 0 Å². The highest BCUT2D eigenvalue weighted by atomic mass is 32.2. The molecule has 2 saturated carbocycles. The summed E-state index contributed by atoms with van der Waals surface area (Å²) in [5.41, 5.74) is 2.26. The Morgan fingerprint density at radius 2 is 1.65 bits per heavy atom. The fourth-order valence-corrected chi connectivity index (χ4v) is 11.4. The summed E-state index contributed by atoms with van der Waals surface area (Å²) in [6, 6.07) is 15.9. The topological polar surface area (TPSA) is 126 Å². The Morgan fingerprint density at radius 3 is 2.39 bits per heavy atom. The van der Waals surface area contributed by atoms with Crippen molar-refractivity contribution >= 4 is 38.6 Å². The van der Waals surface area contributed by atoms with Gasteiger partial charge in [0.05, 0.1) is 36.2 Å². The summed E-state index contributed by atoms with van der Waals surface area (Å²) in [4.78, 5) is 52.6. The molecule has 0 bridgehead atoms. The number of hydrogen-bond donors (Lipinski definition) is 0. The maximum Gasteiger partial charge on any atom is 0.259 e. The minimum Gasteiger partial charge on any atom is -0.497 e. The average molecular weight is 797 g/mol. The lowest BCUT2D eigenvalue weighted by Crippen LogP contribution is -2.53. The second kappa shape index (κ2) is 16.4. The lowest BCUT2D eigenvalue weighted by Gasteiger charge is -2.40. The zero-order valence-corrected chi connectivity index (χ0v) is 34.2. The Hall–Kier alpha value is -4.45. The molecular formula is C45H56N4O7S. The largest absolute Gasteiger partial charge is 0.497 e. The van der Waals surface area contributed by atoms with Crippen LogP contribution in [0.1, 0.15) is 97.3 Å². The van der Waals surface area contributed by atoms with Crippen LogP contribution in [-0.4, -0.2) is 94.4 Å². The summed E-state index contributed by atoms with van der Waals surface area (Å²) in [6.45, 7) is 4.25. The van der Waals surface area contributed by atoms with Crippen molar-refractivity contribution in [2.75, 3.05) is 13.7 Å². The van der Waals surface area contributed by atoms with Crippen LogP contribution in [0, 0.1) is 11.8 Å². The zero-order chi connectivity index (χ0) is 39.8. The number of amides is 3. The van der Waals surface area contributed by atoms with Crippen LogP contribution in [-0.2, 0) is 24.4 Å². The van der Waals surface area contributed by atoms with Crippen LogP contribution in [0.25, 0.3) is 22.2 Å². The number of fused-ring (bicyclic) bond motifs is 3. The van der Waals surface area contributed by atoms with Gasteiger partial charge in [0, 0.05) is 59.8 Å². The first kappa shape index (κ1) is 39.4. The molecule has 3 aliphatic heterocycles. The number of aromatic nitrogens is 1. The monoisotopic (exact) mass is 796 g/mol. The number of piperidine rings is 1. The standard InChI is InChI=1S/C45H56N4O7S/c1-29-13-12-14-30(2)48(29)43(50)24-33-18-9-6-4-5-8-17-32-23-40(32)49(57(53,54)36-20-21-36)45(52)41-26-35(28-47(41)44(33)51)56-42-27-38(31-15-10-7-11-16-31)46-39-25-34(55-3)19-22-37(39)42/h7-8,10-11,15-17,19,22,25,27,29-30,32-33,35-36,40-41H,4-6,9,12-14,18,20-21,23-24,26,28H2,1-3H3/t29-,30+,32?,33?,35?,40?,41?. The lowest BCUT2D eigenvalue weighted by atomic mass is 9.92. The number of likely N-dealkylation sites (tertiary alicyclic amines) is 1. The van der Waals surface area contributed by atoms with Crippen LogP contribution in [0.4, 0.5) is 0 Å². The summed E-state index contributed by atoms with van der Waals surface area (Å²) in [5, 5.41) is 0.165. The van der Waals surface area contributed by atoms with Crippen molar-refractivity contribution in [3.8, 4) is 22.8 Å². The smallest absolute Gasteiger partial charge is 0.259 e. The number of sulfonamides is 1. The van der Waals surface area contributed by atoms with Gasteiger partial charge in [0.25, 0.3) is 5.91 Å². The molecule has 12 heteroatoms. The SMILES string of the molecule is COc1ccc2c(OC3CC4C(=O)N(S(=O)(=O)C5CC5)C5CC5C=CCCCCCC(CC(=O)N5[C@H](C)CCC[C@@H]5C)C(=O)N4C3)cc(-c3ccccc3)nc2c1. The number of ether oxygens (including phenoxy) is 2. The van der Waals surface area contributed by atoms with Gasteiger partial charge in [-0.2, -0.15) is 0 Å². The van der Waals surface area contributed by atoms with E-state index in [1.807, 2.05) is 59.5 Å². The summed E-state index contributed by atoms with van der Waals surface area (Å²) in [5.74, 6) is -0.361. The van der Waals surface area contributed by atoms with E-state index < -0.39 is 45.3 Å². The molecule has 4 fully saturated rings. The van der Waals surface area contributed by atoms with E-state index in [-0.39, 0.29) is 49.2 Å². The highest BCUT2D eigenvalue weighted by molar-refractivity contribution is 7.90. The van der Waals surface area contributed by atoms with Crippen molar-refractivity contribution in [3.63, 3.8) is 0 Å². The van der Waals surface area contributed by atoms with Gasteiger partial charge in [-0.05, 0) is 83.8 Å². The molecule has 1 aromatic heterocycles. The molecule has 0 N–H and O–H groups in total. The Balaban J connectivity index is 1.16. The number of allylic oxidation sites excluding steroid dienone is 1. The molecule has 304 valence electrons. The van der Waals surface area contributed by atoms with Gasteiger partial charge in [-0.1, -0.05) is 55.3 Å². The molecule has 3 aromatic rings. The van der Waals surface area contributed by atoms with Gasteiger partial charge in [-0.25, -0.2) is 17.7 Å². The number of hydrogen-bond acceptors (Lipinski definition) is 8. The van der Waals surface area contributed by atoms with Gasteiger partial charge in [-0.3, -0.25) is 14.4 Å². The Morgan fingerprint density at radius 1 is 0.877 bits per heavy atom. The fourth-order valence-electron chi connectivity index (χ4n) is 9.40. The normalized spacial score (nSPS) is 28.7. The molecule has 5 aliphatic rings. The second-order valence-electron chi connectivity index (χ2n) is 17.0. The van der Waals surface area contributed by atoms with Crippen molar-refractivity contribution in [2.24, 2.45) is 11.8 Å². The first-order valence-corrected chi connectivity index (χ1v) is 22.6. The minimum atomic E-state index is -3.93. The van der Waals surface area contributed by atoms with Crippen LogP contribution in [0.2, 0.25) is 0 Å². The van der Waals surface area contributed by atoms with E-state index >= 15 is 4.79 Å². The summed E-state index contributed by atoms with van der Waals surface area (Å²) in [7, 11) is -2.33. The molecule has 4 heterocycles. The molecule has 2 saturated heterocycles. The molecule has 0 radical (unpaired) electrons. The van der Waals surface area contributed by atoms with E-state index in [9.17, 15) is 18.0 Å². The highest BCUT2D eigenvalue weighted by Crippen LogP contribution is 2.45. The van der Waals surface area contributed by atoms with E-state index in [1.54, 1.807) is 12.0 Å². The fraction of sp³-hybridized carbons (Fsp3) is 0.556. The Bertz CT molecular complexity index is 2110. The van der Waals surface area contributed by atoms with Crippen molar-refractivity contribution < 1.29 is 32.3 Å². The molecule has 8 rings (SSSR count). The molecule has 2 aromatic carbocycles. The second-order valence-corrected chi connectivity index (χ2v) is 19.1. The van der Waals surface area contributed by atoms with Gasteiger partial charge >= 0.3 is 0 Å². The number of pyridine rings is 1. The van der Waals surface area contributed by atoms with E-state index in [1.165, 1.54) is 0 Å². The quantitative estimate of drug-likeness (QED) is 0.218. The van der Waals surface area contributed by atoms with Crippen molar-refractivity contribution in [1.82, 2.24) is 19.1 Å². The van der Waals surface area contributed by atoms with Crippen LogP contribution in [0.15, 0.2) is 66.7 Å². The third-order valence-corrected chi connectivity index (χ3v) is 15.1. The molecular weight excluding hydrogens is 741 g/mol. The number of methoxy groups -OCH3 is 1. The third kappa shape index (κ3) is 8.29. The maximum atomic E-state index is 15.0. The van der Waals surface area contributed by atoms with Gasteiger partial charge in [-0.15, -0.1) is 0 Å². The van der Waals surface area contributed by atoms with Crippen LogP contribution in [0.3, 0.4) is 0 Å². The van der Waals surface area contributed by atoms with Crippen LogP contribution < -0.4 is 9.47 Å². The third-order valence-electron chi connectivity index (χ3n) is 12.8. The van der Waals surface area contributed by atoms with Gasteiger partial charge in [0.2, 0.25) is 21.8 Å². The number of carbonyl (C=O) groups is 3. The molecule has 2 aliphatic carbocycles. The summed E-state index contributed by atoms with van der Waals surface area (Å²) >= 11 is 0. The van der Waals surface area contributed by atoms with E-state index in [0.717, 1.165) is 60.2 Å². The number of nitrogens with zero attached hydrogens (tertiary/aromatic N) is 4. The Kier molecular flexibility index (Phi) is 11.3. The number of carbonyl (C=O) groups excluding carboxylic acids is 3. The molecule has 3 amide bonds. The van der Waals surface area contributed by atoms with Gasteiger partial charge < -0.3 is 19.3 Å². The number of benzene rings is 2. The molecule has 0 spiro atoms. The predicted molar refractivity (Wildman–Crippen MR) is 219 cm³/mol. The summed E-state index contributed by atoms with van der Waals surface area (Å²) < 4.78 is 41.8. The van der Waals surface area contributed by atoms with Crippen LogP contribution >= 0.6 is 0 Å². The van der Waals surface area contributed by atoms with Crippen molar-refractivity contribution in [3.05, 3.63) is 66.7 Å². The Labute approximate surface area is 336 Å². The van der Waals surface area contributed by atoms with Gasteiger partial charge in [0.1, 0.15) is 23.6 Å². The minimum absolute atomic E-state index is 0.0327. The first-order chi connectivity index (χ1) is 27.5. The maximum absolute atomic E-state index is 15.0. The van der Waals surface area contributed by atoms with E-state index in [4.69, 9.17) is 14.5 Å². The number of rotatable bonds is 8. The van der Waals surface area contributed by atoms with Crippen molar-refractivity contribution in [1.29, 1.82) is 0 Å². The molecule has 57 heavy (non-hydrogen) atoms. The molecule has 5 unspecified atom stereocenters. The molecule has 11 nitrogen and oxygen atoms in total.